The molecule has 149 heavy (non-hydrogen) atoms. The first kappa shape index (κ1) is 124. The first-order valence-electron chi connectivity index (χ1n) is 57.7. The van der Waals surface area contributed by atoms with E-state index >= 15 is 0 Å². The molecule has 15 rings (SSSR count). The summed E-state index contributed by atoms with van der Waals surface area (Å²) in [4.78, 5) is 27.5. The van der Waals surface area contributed by atoms with Gasteiger partial charge in [-0.2, -0.15) is 0 Å². The van der Waals surface area contributed by atoms with Gasteiger partial charge in [0.15, 0.2) is 49.9 Å². The van der Waals surface area contributed by atoms with Gasteiger partial charge in [0, 0.05) is 30.8 Å². The number of hydrogen-bond donors (Lipinski definition) is 3. The van der Waals surface area contributed by atoms with Crippen LogP contribution in [0.25, 0.3) is 0 Å². The van der Waals surface area contributed by atoms with Crippen molar-refractivity contribution in [3.63, 3.8) is 0 Å². The topological polar surface area (TPSA) is 289 Å². The molecule has 11 heterocycles. The van der Waals surface area contributed by atoms with E-state index in [2.05, 4.69) is 208 Å². The minimum atomic E-state index is -1.02. The lowest BCUT2D eigenvalue weighted by molar-refractivity contribution is -0.359. The van der Waals surface area contributed by atoms with Crippen molar-refractivity contribution >= 4 is 11.9 Å². The highest BCUT2D eigenvalue weighted by atomic mass is 16.8. The number of benzene rings is 4. The molecule has 26 nitrogen and oxygen atoms in total. The van der Waals surface area contributed by atoms with Gasteiger partial charge in [-0.3, -0.25) is 0 Å². The Morgan fingerprint density at radius 3 is 0.711 bits per heavy atom. The molecule has 4 aromatic rings. The summed E-state index contributed by atoms with van der Waals surface area (Å²) in [5, 5.41) is 28.9. The van der Waals surface area contributed by atoms with Gasteiger partial charge >= 0.3 is 11.9 Å². The molecule has 0 spiro atoms. The molecule has 0 saturated carbocycles. The molecule has 3 N–H and O–H groups in total. The van der Waals surface area contributed by atoms with Crippen LogP contribution in [0.15, 0.2) is 121 Å². The molecule has 11 aliphatic rings. The van der Waals surface area contributed by atoms with E-state index in [1.807, 2.05) is 170 Å². The number of esters is 2. The maximum absolute atomic E-state index is 13.8. The average molecular weight is 2100 g/mol. The molecule has 23 unspecified atom stereocenters. The predicted molar refractivity (Wildman–Crippen MR) is 577 cm³/mol. The fraction of sp³-hybridized carbons (Fsp3) is 0.789. The van der Waals surface area contributed by atoms with Crippen molar-refractivity contribution in [2.45, 2.75) is 479 Å². The van der Waals surface area contributed by atoms with E-state index in [1.54, 1.807) is 0 Å². The molecule has 0 bridgehead atoms. The largest absolute Gasteiger partial charge is 0.459 e. The lowest BCUT2D eigenvalue weighted by Gasteiger charge is -2.50. The van der Waals surface area contributed by atoms with Gasteiger partial charge in [0.1, 0.15) is 49.8 Å². The van der Waals surface area contributed by atoms with Crippen molar-refractivity contribution in [3.8, 4) is 0 Å². The normalized spacial score (nSPS) is 45.4. The summed E-state index contributed by atoms with van der Waals surface area (Å²) in [5.74, 6) is 6.35. The zero-order valence-corrected chi connectivity index (χ0v) is 97.6. The van der Waals surface area contributed by atoms with Gasteiger partial charge in [-0.05, 0) is 232 Å². The summed E-state index contributed by atoms with van der Waals surface area (Å²) in [7, 11) is -0.500. The highest BCUT2D eigenvalue weighted by Gasteiger charge is 2.57. The maximum Gasteiger partial charge on any atom is 0.338 e. The molecule has 848 valence electrons. The molecule has 0 radical (unpaired) electrons. The fourth-order valence-corrected chi connectivity index (χ4v) is 23.7. The van der Waals surface area contributed by atoms with Gasteiger partial charge in [0.05, 0.1) is 124 Å². The highest BCUT2D eigenvalue weighted by molar-refractivity contribution is 5.76. The monoisotopic (exact) mass is 2090 g/mol. The Kier molecular flexibility index (Phi) is 48.3. The number of aliphatic hydroxyl groups is 3. The van der Waals surface area contributed by atoms with E-state index in [9.17, 15) is 19.8 Å². The van der Waals surface area contributed by atoms with Crippen molar-refractivity contribution in [1.29, 1.82) is 0 Å². The number of rotatable bonds is 24. The molecule has 0 aliphatic carbocycles. The molecule has 11 saturated heterocycles. The molecular formula is C123H200O26. The van der Waals surface area contributed by atoms with E-state index in [0.29, 0.717) is 103 Å². The van der Waals surface area contributed by atoms with Gasteiger partial charge in [0.25, 0.3) is 0 Å². The first-order chi connectivity index (χ1) is 70.8. The van der Waals surface area contributed by atoms with Crippen LogP contribution in [0.2, 0.25) is 0 Å². The van der Waals surface area contributed by atoms with Crippen molar-refractivity contribution in [3.05, 3.63) is 144 Å². The Hall–Kier alpha value is -5.06. The smallest absolute Gasteiger partial charge is 0.338 e. The third kappa shape index (κ3) is 31.8. The lowest BCUT2D eigenvalue weighted by Crippen LogP contribution is -2.61. The van der Waals surface area contributed by atoms with Crippen LogP contribution in [0, 0.1) is 136 Å². The number of carbonyl (C=O) groups is 2. The van der Waals surface area contributed by atoms with Crippen molar-refractivity contribution in [2.24, 2.45) is 136 Å². The van der Waals surface area contributed by atoms with E-state index in [-0.39, 0.29) is 164 Å². The van der Waals surface area contributed by atoms with E-state index in [4.69, 9.17) is 106 Å². The quantitative estimate of drug-likeness (QED) is 0.0549. The second-order valence-electron chi connectivity index (χ2n) is 47.5. The van der Waals surface area contributed by atoms with E-state index in [0.717, 1.165) is 28.2 Å². The second kappa shape index (κ2) is 57.9. The third-order valence-electron chi connectivity index (χ3n) is 38.3. The molecule has 26 heteroatoms. The average Bonchev–Trinajstić information content (AvgIpc) is 0.748. The van der Waals surface area contributed by atoms with E-state index in [1.165, 1.54) is 0 Å². The number of carbonyl (C=O) groups excluding carboxylic acids is 2. The molecule has 11 aliphatic heterocycles. The van der Waals surface area contributed by atoms with E-state index < -0.39 is 105 Å². The minimum Gasteiger partial charge on any atom is -0.459 e. The van der Waals surface area contributed by atoms with Gasteiger partial charge in [-0.15, -0.1) is 0 Å². The summed E-state index contributed by atoms with van der Waals surface area (Å²) in [6.07, 6.45) is -9.07. The number of ether oxygens (including phenoxy) is 21. The summed E-state index contributed by atoms with van der Waals surface area (Å²) in [5.41, 5.74) is 3.88. The molecular weight excluding hydrogens is 1890 g/mol. The maximum atomic E-state index is 13.8. The third-order valence-corrected chi connectivity index (χ3v) is 38.3. The van der Waals surface area contributed by atoms with Gasteiger partial charge in [0.2, 0.25) is 0 Å². The van der Waals surface area contributed by atoms with Crippen LogP contribution in [-0.4, -0.2) is 231 Å². The number of hydrogen-bond acceptors (Lipinski definition) is 26. The molecule has 55 atom stereocenters. The molecule has 0 aromatic heterocycles. The van der Waals surface area contributed by atoms with Crippen LogP contribution in [0.1, 0.15) is 280 Å². The van der Waals surface area contributed by atoms with Crippen LogP contribution in [0.4, 0.5) is 0 Å². The summed E-state index contributed by atoms with van der Waals surface area (Å²) >= 11 is 0. The summed E-state index contributed by atoms with van der Waals surface area (Å²) in [6, 6.07) is 39.2. The molecule has 0 amide bonds. The van der Waals surface area contributed by atoms with Crippen LogP contribution in [0.3, 0.4) is 0 Å². The summed E-state index contributed by atoms with van der Waals surface area (Å²) in [6.45, 7) is 80.6. The standard InChI is InChI=1S/C39H56O8.C38H54O9.C18H34O3.C17H32O4.C10H20O.CH4O/c1-22-23(2)28(7)44-38(26(22)5)47-35-25(4)24(3)29(8)45-39(35)46-34-27(6)33(41-20-31-16-12-10-13-17-31)30(9)43-36(34)37(40)42-21-32-18-14-11-15-19-32;1-21-23(3)31(39)37(44-26(21)6)47-34-24(4)22(2)27(7)45-38(34)46-33-25(5)32(41-19-29-15-11-9-12-16-29)28(8)43-35(33)36(40)42-20-30-17-13-10-14-18-30;1-9-10(2)15(7)20-18(13(9)5)21-17-12(4)11(3)14(6)19-16(17)8;1-8-10(3)15(18)17(20-13(8)6)21-16-11(4)9(2)12(5)19-14(16)7;1-6-7(2)9(4)11-10(5)8(6)3;1-2/h10-19,22-30,33-36,38-39H,20-21H2,1-9H3;9-18,21-28,31-35,37-39H,19-20H2,1-8H3;9-18H,1-8H3;8-18H,1-7H3;6-10H,1-5H3;2H,1H3/t22?,23-,24-,25?,26?,27-,28+,29+,30+,33?,34-,35?,36?,38+,39+;21-,22-,23?,24?,25-,26+,27+,28+,31?,32?,33-,34?,35?,37+,38+;9-,10+,11+,12-,13?,14?,15?,16-,17?,18-;8-,9-,10+,11+,12?,13?,14+,15?,16?,17+;6?,7-,8?,9?,10+;/m11011./s1/i;;;;;1D. The molecule has 11 fully saturated rings. The van der Waals surface area contributed by atoms with Gasteiger partial charge in [-0.1, -0.05) is 281 Å². The lowest BCUT2D eigenvalue weighted by atomic mass is 9.77. The Balaban J connectivity index is 0.000000206. The Morgan fingerprint density at radius 1 is 0.215 bits per heavy atom. The second-order valence-corrected chi connectivity index (χ2v) is 47.5. The Bertz CT molecular complexity index is 4220. The Labute approximate surface area is 898 Å². The van der Waals surface area contributed by atoms with Crippen LogP contribution in [0.5, 0.6) is 0 Å². The predicted octanol–water partition coefficient (Wildman–Crippen LogP) is 22.3. The van der Waals surface area contributed by atoms with Gasteiger partial charge in [-0.25, -0.2) is 9.59 Å². The zero-order valence-electron chi connectivity index (χ0n) is 98.6. The Morgan fingerprint density at radius 2 is 0.416 bits per heavy atom. The van der Waals surface area contributed by atoms with Crippen LogP contribution >= 0.6 is 0 Å². The van der Waals surface area contributed by atoms with Crippen LogP contribution < -0.4 is 0 Å². The highest BCUT2D eigenvalue weighted by Crippen LogP contribution is 2.48. The van der Waals surface area contributed by atoms with Crippen molar-refractivity contribution in [2.75, 3.05) is 7.09 Å². The fourth-order valence-electron chi connectivity index (χ4n) is 23.7. The first-order valence-corrected chi connectivity index (χ1v) is 57.0. The SMILES string of the molecule is CC1C(C)[C@@H](C)[C@H](C)O[C@H]1OC1C(C)[C@@H](C)[C@H](C)O[C@H]1O[C@H]1C(C(=O)OCc2ccccc2)O[C@@H](C)C(OCc2ccccc2)[C@H]1C.CC1C(O)[C@H](OC2C(C)[C@@H](C)[C@H](C)O[C@H]2O[C@H]2C(C(=O)OCc3ccccc3)O[C@@H](C)C(OCc3ccccc3)[C@H]2C)O[C@@H](C)[C@@H]1C.CC1O[C@@H](C)C(C)C(C)[C@H]1C.CC1O[C@@H](OC2[C@H](C)OC(C)[C@H](C)[C@@H]2C)C(O)[C@@H](C)[C@H]1C.CC1[C@H](OC2[C@H](C)OC(C)[C@H](C)[C@@H]2C)OC(C)[C@H](C)[C@@H]1C.[2H]CO. The van der Waals surface area contributed by atoms with Crippen molar-refractivity contribution < 1.29 is 126 Å². The minimum absolute atomic E-state index is 0.00291. The molecule has 4 aromatic carbocycles. The zero-order chi connectivity index (χ0) is 111. The van der Waals surface area contributed by atoms with Crippen molar-refractivity contribution in [1.82, 2.24) is 0 Å². The van der Waals surface area contributed by atoms with Gasteiger partial charge < -0.3 is 115 Å². The summed E-state index contributed by atoms with van der Waals surface area (Å²) < 4.78 is 139. The number of aliphatic hydroxyl groups excluding tert-OH is 3. The van der Waals surface area contributed by atoms with Crippen LogP contribution in [-0.2, 0) is 135 Å².